The highest BCUT2D eigenvalue weighted by atomic mass is 35.5. The Kier molecular flexibility index (Phi) is 3.73. The van der Waals surface area contributed by atoms with E-state index < -0.39 is 0 Å². The second-order valence-electron chi connectivity index (χ2n) is 4.78. The van der Waals surface area contributed by atoms with Gasteiger partial charge in [-0.2, -0.15) is 5.26 Å². The van der Waals surface area contributed by atoms with Crippen LogP contribution >= 0.6 is 11.6 Å². The number of fused-ring (bicyclic) bond motifs is 1. The van der Waals surface area contributed by atoms with Gasteiger partial charge in [-0.1, -0.05) is 60.1 Å². The molecule has 2 heteroatoms. The Hall–Kier alpha value is -2.56. The second-order valence-corrected chi connectivity index (χ2v) is 5.22. The van der Waals surface area contributed by atoms with Gasteiger partial charge < -0.3 is 0 Å². The third-order valence-corrected chi connectivity index (χ3v) is 3.61. The van der Waals surface area contributed by atoms with Gasteiger partial charge in [0.25, 0.3) is 0 Å². The zero-order valence-corrected chi connectivity index (χ0v) is 12.0. The van der Waals surface area contributed by atoms with Crippen LogP contribution in [-0.2, 0) is 0 Å². The first-order valence-electron chi connectivity index (χ1n) is 6.63. The smallest absolute Gasteiger partial charge is 0.0998 e. The minimum Gasteiger partial charge on any atom is -0.192 e. The Bertz CT molecular complexity index is 855. The maximum Gasteiger partial charge on any atom is 0.0998 e. The van der Waals surface area contributed by atoms with E-state index >= 15 is 0 Å². The molecule has 0 bridgehead atoms. The third kappa shape index (κ3) is 2.97. The van der Waals surface area contributed by atoms with Crippen molar-refractivity contribution in [3.8, 4) is 6.07 Å². The molecule has 0 aromatic heterocycles. The van der Waals surface area contributed by atoms with Gasteiger partial charge in [0.1, 0.15) is 0 Å². The van der Waals surface area contributed by atoms with E-state index in [2.05, 4.69) is 18.2 Å². The molecule has 0 aliphatic carbocycles. The minimum atomic E-state index is 0.642. The van der Waals surface area contributed by atoms with Crippen molar-refractivity contribution in [2.75, 3.05) is 0 Å². The zero-order chi connectivity index (χ0) is 14.7. The summed E-state index contributed by atoms with van der Waals surface area (Å²) in [7, 11) is 0. The van der Waals surface area contributed by atoms with Crippen molar-refractivity contribution in [1.82, 2.24) is 0 Å². The largest absolute Gasteiger partial charge is 0.192 e. The van der Waals surface area contributed by atoms with Gasteiger partial charge in [0.2, 0.25) is 0 Å². The van der Waals surface area contributed by atoms with Crippen molar-refractivity contribution < 1.29 is 0 Å². The van der Waals surface area contributed by atoms with Gasteiger partial charge in [-0.15, -0.1) is 0 Å². The number of nitriles is 1. The predicted molar refractivity (Wildman–Crippen MR) is 88.9 cm³/mol. The molecule has 0 saturated heterocycles. The first-order chi connectivity index (χ1) is 10.3. The normalized spacial score (nSPS) is 11.3. The monoisotopic (exact) mass is 289 g/mol. The summed E-state index contributed by atoms with van der Waals surface area (Å²) in [6.07, 6.45) is 1.88. The van der Waals surface area contributed by atoms with Crippen molar-refractivity contribution in [1.29, 1.82) is 5.26 Å². The van der Waals surface area contributed by atoms with Crippen molar-refractivity contribution >= 4 is 34.0 Å². The average Bonchev–Trinajstić information content (AvgIpc) is 2.54. The molecular formula is C19H12ClN. The summed E-state index contributed by atoms with van der Waals surface area (Å²) in [6.45, 7) is 0. The molecule has 0 spiro atoms. The molecule has 0 N–H and O–H groups in total. The molecule has 0 aliphatic rings. The Morgan fingerprint density at radius 1 is 0.905 bits per heavy atom. The van der Waals surface area contributed by atoms with E-state index in [1.807, 2.05) is 60.7 Å². The van der Waals surface area contributed by atoms with E-state index in [0.29, 0.717) is 10.6 Å². The van der Waals surface area contributed by atoms with Gasteiger partial charge in [-0.3, -0.25) is 0 Å². The molecule has 3 aromatic rings. The Morgan fingerprint density at radius 3 is 2.33 bits per heavy atom. The van der Waals surface area contributed by atoms with E-state index in [4.69, 9.17) is 11.6 Å². The number of benzene rings is 3. The van der Waals surface area contributed by atoms with E-state index in [1.165, 1.54) is 5.39 Å². The van der Waals surface area contributed by atoms with Gasteiger partial charge in [0.15, 0.2) is 0 Å². The SMILES string of the molecule is N#C/C(=C/c1ccc(Cl)cc1)c1ccc2ccccc2c1. The molecule has 0 heterocycles. The van der Waals surface area contributed by atoms with Crippen LogP contribution in [0.4, 0.5) is 0 Å². The Balaban J connectivity index is 2.05. The Morgan fingerprint density at radius 2 is 1.62 bits per heavy atom. The zero-order valence-electron chi connectivity index (χ0n) is 11.3. The standard InChI is InChI=1S/C19H12ClN/c20-19-9-5-14(6-10-19)11-18(13-21)17-8-7-15-3-1-2-4-16(15)12-17/h1-12H/b18-11-. The molecule has 21 heavy (non-hydrogen) atoms. The summed E-state index contributed by atoms with van der Waals surface area (Å²) >= 11 is 5.88. The molecule has 0 atom stereocenters. The molecule has 1 nitrogen and oxygen atoms in total. The lowest BCUT2D eigenvalue weighted by molar-refractivity contribution is 1.53. The number of rotatable bonds is 2. The summed E-state index contributed by atoms with van der Waals surface area (Å²) in [6, 6.07) is 23.9. The van der Waals surface area contributed by atoms with Gasteiger partial charge >= 0.3 is 0 Å². The summed E-state index contributed by atoms with van der Waals surface area (Å²) in [5.74, 6) is 0. The van der Waals surface area contributed by atoms with Crippen LogP contribution in [0.2, 0.25) is 5.02 Å². The van der Waals surface area contributed by atoms with Crippen molar-refractivity contribution in [3.63, 3.8) is 0 Å². The second kappa shape index (κ2) is 5.83. The molecule has 3 rings (SSSR count). The molecule has 0 aliphatic heterocycles. The maximum absolute atomic E-state index is 9.42. The molecule has 0 radical (unpaired) electrons. The van der Waals surface area contributed by atoms with Crippen LogP contribution in [0.25, 0.3) is 22.4 Å². The third-order valence-electron chi connectivity index (χ3n) is 3.36. The Labute approximate surface area is 128 Å². The molecule has 0 fully saturated rings. The number of hydrogen-bond donors (Lipinski definition) is 0. The number of halogens is 1. The maximum atomic E-state index is 9.42. The fraction of sp³-hybridized carbons (Fsp3) is 0. The first kappa shape index (κ1) is 13.4. The van der Waals surface area contributed by atoms with Crippen LogP contribution in [0.5, 0.6) is 0 Å². The predicted octanol–water partition coefficient (Wildman–Crippen LogP) is 5.56. The minimum absolute atomic E-state index is 0.642. The fourth-order valence-corrected chi connectivity index (χ4v) is 2.39. The topological polar surface area (TPSA) is 23.8 Å². The summed E-state index contributed by atoms with van der Waals surface area (Å²) in [4.78, 5) is 0. The van der Waals surface area contributed by atoms with Crippen LogP contribution in [0, 0.1) is 11.3 Å². The number of allylic oxidation sites excluding steroid dienone is 1. The van der Waals surface area contributed by atoms with Gasteiger partial charge in [-0.25, -0.2) is 0 Å². The van der Waals surface area contributed by atoms with E-state index in [1.54, 1.807) is 0 Å². The lowest BCUT2D eigenvalue weighted by Gasteiger charge is -2.03. The summed E-state index contributed by atoms with van der Waals surface area (Å²) in [5, 5.41) is 12.4. The van der Waals surface area contributed by atoms with Crippen LogP contribution < -0.4 is 0 Å². The number of nitrogens with zero attached hydrogens (tertiary/aromatic N) is 1. The molecular weight excluding hydrogens is 278 g/mol. The first-order valence-corrected chi connectivity index (χ1v) is 7.00. The summed E-state index contributed by atoms with van der Waals surface area (Å²) in [5.41, 5.74) is 2.53. The van der Waals surface area contributed by atoms with Crippen LogP contribution in [0.1, 0.15) is 11.1 Å². The van der Waals surface area contributed by atoms with E-state index in [-0.39, 0.29) is 0 Å². The van der Waals surface area contributed by atoms with Gasteiger partial charge in [0.05, 0.1) is 11.6 Å². The van der Waals surface area contributed by atoms with E-state index in [0.717, 1.165) is 16.5 Å². The molecule has 3 aromatic carbocycles. The highest BCUT2D eigenvalue weighted by molar-refractivity contribution is 6.30. The van der Waals surface area contributed by atoms with Crippen LogP contribution in [-0.4, -0.2) is 0 Å². The summed E-state index contributed by atoms with van der Waals surface area (Å²) < 4.78 is 0. The van der Waals surface area contributed by atoms with Crippen molar-refractivity contribution in [2.24, 2.45) is 0 Å². The number of hydrogen-bond acceptors (Lipinski definition) is 1. The fourth-order valence-electron chi connectivity index (χ4n) is 2.26. The lowest BCUT2D eigenvalue weighted by atomic mass is 10.0. The van der Waals surface area contributed by atoms with Gasteiger partial charge in [0, 0.05) is 5.02 Å². The highest BCUT2D eigenvalue weighted by Crippen LogP contribution is 2.23. The molecule has 100 valence electrons. The van der Waals surface area contributed by atoms with E-state index in [9.17, 15) is 5.26 Å². The highest BCUT2D eigenvalue weighted by Gasteiger charge is 2.02. The molecule has 0 saturated carbocycles. The van der Waals surface area contributed by atoms with Crippen molar-refractivity contribution in [2.45, 2.75) is 0 Å². The molecule has 0 unspecified atom stereocenters. The lowest BCUT2D eigenvalue weighted by Crippen LogP contribution is -1.83. The van der Waals surface area contributed by atoms with Crippen LogP contribution in [0.3, 0.4) is 0 Å². The van der Waals surface area contributed by atoms with Gasteiger partial charge in [-0.05, 0) is 46.2 Å². The molecule has 0 amide bonds. The van der Waals surface area contributed by atoms with Crippen molar-refractivity contribution in [3.05, 3.63) is 82.9 Å². The van der Waals surface area contributed by atoms with Crippen LogP contribution in [0.15, 0.2) is 66.7 Å². The quantitative estimate of drug-likeness (QED) is 0.448. The average molecular weight is 290 g/mol.